The van der Waals surface area contributed by atoms with E-state index in [1.165, 1.54) is 35.2 Å². The lowest BCUT2D eigenvalue weighted by atomic mass is 10.1. The number of nitrogens with one attached hydrogen (secondary N) is 1. The zero-order valence-corrected chi connectivity index (χ0v) is 12.9. The molecule has 1 N–H and O–H groups in total. The lowest BCUT2D eigenvalue weighted by molar-refractivity contribution is -0.118. The number of fused-ring (bicyclic) bond motifs is 1. The molecule has 124 valence electrons. The number of hydrogen-bond acceptors (Lipinski definition) is 2. The molecular weight excluding hydrogens is 314 g/mol. The molecular formula is C18H16F2N2O2. The molecule has 4 nitrogen and oxygen atoms in total. The van der Waals surface area contributed by atoms with Crippen LogP contribution < -0.4 is 10.2 Å². The van der Waals surface area contributed by atoms with Crippen LogP contribution in [0.25, 0.3) is 0 Å². The Balaban J connectivity index is 1.78. The van der Waals surface area contributed by atoms with E-state index in [1.807, 2.05) is 0 Å². The smallest absolute Gasteiger partial charge is 0.227 e. The standard InChI is InChI=1S/C18H16F2N2O2/c19-13-3-1-2-12(10-13)4-7-18(24)22-9-8-17(23)21-15-11-14(20)5-6-16(15)22/h1-3,5-6,10-11H,4,7-9H2,(H,21,23). The summed E-state index contributed by atoms with van der Waals surface area (Å²) in [6.07, 6.45) is 0.710. The van der Waals surface area contributed by atoms with E-state index in [0.717, 1.165) is 5.56 Å². The largest absolute Gasteiger partial charge is 0.324 e. The van der Waals surface area contributed by atoms with E-state index in [0.29, 0.717) is 12.1 Å². The van der Waals surface area contributed by atoms with Crippen molar-refractivity contribution in [2.24, 2.45) is 0 Å². The van der Waals surface area contributed by atoms with Crippen molar-refractivity contribution in [3.05, 3.63) is 59.7 Å². The van der Waals surface area contributed by atoms with Gasteiger partial charge in [-0.2, -0.15) is 0 Å². The first-order valence-corrected chi connectivity index (χ1v) is 7.67. The Morgan fingerprint density at radius 2 is 1.92 bits per heavy atom. The van der Waals surface area contributed by atoms with Gasteiger partial charge in [0.25, 0.3) is 0 Å². The minimum atomic E-state index is -0.483. The molecule has 1 aliphatic rings. The minimum absolute atomic E-state index is 0.141. The number of rotatable bonds is 3. The van der Waals surface area contributed by atoms with Gasteiger partial charge in [-0.1, -0.05) is 12.1 Å². The Hall–Kier alpha value is -2.76. The van der Waals surface area contributed by atoms with Crippen molar-refractivity contribution in [3.8, 4) is 0 Å². The minimum Gasteiger partial charge on any atom is -0.324 e. The van der Waals surface area contributed by atoms with Crippen molar-refractivity contribution in [3.63, 3.8) is 0 Å². The molecule has 0 atom stereocenters. The number of aryl methyl sites for hydroxylation is 1. The van der Waals surface area contributed by atoms with Gasteiger partial charge in [-0.25, -0.2) is 8.78 Å². The van der Waals surface area contributed by atoms with Gasteiger partial charge in [-0.15, -0.1) is 0 Å². The predicted molar refractivity (Wildman–Crippen MR) is 86.7 cm³/mol. The van der Waals surface area contributed by atoms with Gasteiger partial charge in [-0.05, 0) is 42.3 Å². The van der Waals surface area contributed by atoms with Crippen LogP contribution in [0, 0.1) is 11.6 Å². The van der Waals surface area contributed by atoms with E-state index >= 15 is 0 Å². The summed E-state index contributed by atoms with van der Waals surface area (Å²) in [6.45, 7) is 0.229. The zero-order chi connectivity index (χ0) is 17.1. The number of carbonyl (C=O) groups is 2. The average Bonchev–Trinajstić information content (AvgIpc) is 2.70. The van der Waals surface area contributed by atoms with Crippen molar-refractivity contribution in [2.75, 3.05) is 16.8 Å². The highest BCUT2D eigenvalue weighted by atomic mass is 19.1. The summed E-state index contributed by atoms with van der Waals surface area (Å²) in [6, 6.07) is 10.0. The molecule has 1 aliphatic heterocycles. The molecule has 6 heteroatoms. The maximum Gasteiger partial charge on any atom is 0.227 e. The van der Waals surface area contributed by atoms with Crippen molar-refractivity contribution >= 4 is 23.2 Å². The number of nitrogens with zero attached hydrogens (tertiary/aromatic N) is 1. The predicted octanol–water partition coefficient (Wildman–Crippen LogP) is 3.27. The summed E-state index contributed by atoms with van der Waals surface area (Å²) < 4.78 is 26.6. The second-order valence-electron chi connectivity index (χ2n) is 5.63. The van der Waals surface area contributed by atoms with Crippen molar-refractivity contribution in [2.45, 2.75) is 19.3 Å². The van der Waals surface area contributed by atoms with Crippen LogP contribution in [-0.2, 0) is 16.0 Å². The van der Waals surface area contributed by atoms with Crippen LogP contribution >= 0.6 is 0 Å². The third-order valence-corrected chi connectivity index (χ3v) is 3.90. The fraction of sp³-hybridized carbons (Fsp3) is 0.222. The molecule has 1 heterocycles. The first-order chi connectivity index (χ1) is 11.5. The summed E-state index contributed by atoms with van der Waals surface area (Å²) in [7, 11) is 0. The maximum absolute atomic E-state index is 13.4. The Labute approximate surface area is 138 Å². The van der Waals surface area contributed by atoms with E-state index in [4.69, 9.17) is 0 Å². The molecule has 0 radical (unpaired) electrons. The summed E-state index contributed by atoms with van der Waals surface area (Å²) >= 11 is 0. The first kappa shape index (κ1) is 16.1. The SMILES string of the molecule is O=C1CCN(C(=O)CCc2cccc(F)c2)c2ccc(F)cc2N1. The van der Waals surface area contributed by atoms with Gasteiger partial charge < -0.3 is 10.2 Å². The third-order valence-electron chi connectivity index (χ3n) is 3.90. The van der Waals surface area contributed by atoms with Crippen LogP contribution in [-0.4, -0.2) is 18.4 Å². The summed E-state index contributed by atoms with van der Waals surface area (Å²) in [5.74, 6) is -1.28. The lowest BCUT2D eigenvalue weighted by Gasteiger charge is -2.22. The van der Waals surface area contributed by atoms with Crippen LogP contribution in [0.2, 0.25) is 0 Å². The zero-order valence-electron chi connectivity index (χ0n) is 12.9. The molecule has 0 saturated carbocycles. The molecule has 0 aliphatic carbocycles. The normalized spacial score (nSPS) is 13.9. The van der Waals surface area contributed by atoms with Gasteiger partial charge in [-0.3, -0.25) is 9.59 Å². The van der Waals surface area contributed by atoms with Crippen molar-refractivity contribution in [1.29, 1.82) is 0 Å². The van der Waals surface area contributed by atoms with Gasteiger partial charge in [0.2, 0.25) is 11.8 Å². The number of carbonyl (C=O) groups excluding carboxylic acids is 2. The van der Waals surface area contributed by atoms with Crippen LogP contribution in [0.5, 0.6) is 0 Å². The third kappa shape index (κ3) is 3.59. The Bertz CT molecular complexity index is 792. The van der Waals surface area contributed by atoms with Crippen LogP contribution in [0.1, 0.15) is 18.4 Å². The number of benzene rings is 2. The number of halogens is 2. The maximum atomic E-state index is 13.4. The molecule has 0 saturated heterocycles. The van der Waals surface area contributed by atoms with Gasteiger partial charge in [0.05, 0.1) is 11.4 Å². The summed E-state index contributed by atoms with van der Waals surface area (Å²) in [4.78, 5) is 25.8. The number of amides is 2. The van der Waals surface area contributed by atoms with E-state index in [2.05, 4.69) is 5.32 Å². The fourth-order valence-electron chi connectivity index (χ4n) is 2.73. The summed E-state index contributed by atoms with van der Waals surface area (Å²) in [5.41, 5.74) is 1.50. The first-order valence-electron chi connectivity index (χ1n) is 7.67. The summed E-state index contributed by atoms with van der Waals surface area (Å²) in [5, 5.41) is 2.61. The van der Waals surface area contributed by atoms with Crippen LogP contribution in [0.15, 0.2) is 42.5 Å². The number of anilines is 2. The second kappa shape index (κ2) is 6.78. The van der Waals surface area contributed by atoms with Gasteiger partial charge in [0, 0.05) is 19.4 Å². The lowest BCUT2D eigenvalue weighted by Crippen LogP contribution is -2.32. The fourth-order valence-corrected chi connectivity index (χ4v) is 2.73. The molecule has 2 aromatic carbocycles. The van der Waals surface area contributed by atoms with Crippen molar-refractivity contribution < 1.29 is 18.4 Å². The Morgan fingerprint density at radius 3 is 2.71 bits per heavy atom. The van der Waals surface area contributed by atoms with Crippen LogP contribution in [0.4, 0.5) is 20.2 Å². The topological polar surface area (TPSA) is 49.4 Å². The molecule has 0 bridgehead atoms. The molecule has 0 aromatic heterocycles. The van der Waals surface area contributed by atoms with E-state index in [-0.39, 0.29) is 42.7 Å². The molecule has 3 rings (SSSR count). The van der Waals surface area contributed by atoms with Gasteiger partial charge in [0.15, 0.2) is 0 Å². The quantitative estimate of drug-likeness (QED) is 0.939. The van der Waals surface area contributed by atoms with Crippen LogP contribution in [0.3, 0.4) is 0 Å². The Morgan fingerprint density at radius 1 is 1.12 bits per heavy atom. The molecule has 2 amide bonds. The van der Waals surface area contributed by atoms with Gasteiger partial charge >= 0.3 is 0 Å². The van der Waals surface area contributed by atoms with E-state index in [1.54, 1.807) is 12.1 Å². The molecule has 2 aromatic rings. The Kier molecular flexibility index (Phi) is 4.55. The average molecular weight is 330 g/mol. The van der Waals surface area contributed by atoms with Crippen molar-refractivity contribution in [1.82, 2.24) is 0 Å². The number of hydrogen-bond donors (Lipinski definition) is 1. The monoisotopic (exact) mass is 330 g/mol. The molecule has 0 fully saturated rings. The van der Waals surface area contributed by atoms with E-state index in [9.17, 15) is 18.4 Å². The van der Waals surface area contributed by atoms with E-state index < -0.39 is 5.82 Å². The highest BCUT2D eigenvalue weighted by Crippen LogP contribution is 2.30. The molecule has 24 heavy (non-hydrogen) atoms. The van der Waals surface area contributed by atoms with Gasteiger partial charge in [0.1, 0.15) is 11.6 Å². The highest BCUT2D eigenvalue weighted by molar-refractivity contribution is 6.03. The molecule has 0 unspecified atom stereocenters. The molecule has 0 spiro atoms. The second-order valence-corrected chi connectivity index (χ2v) is 5.63. The highest BCUT2D eigenvalue weighted by Gasteiger charge is 2.24.